The van der Waals surface area contributed by atoms with Crippen LogP contribution in [0.5, 0.6) is 0 Å². The molecule has 0 fully saturated rings. The molecule has 0 aromatic heterocycles. The molecule has 0 atom stereocenters. The van der Waals surface area contributed by atoms with E-state index in [9.17, 15) is 13.6 Å². The molecule has 0 saturated heterocycles. The number of ketones is 1. The maximum atomic E-state index is 13.0. The van der Waals surface area contributed by atoms with Gasteiger partial charge in [0.25, 0.3) is 0 Å². The lowest BCUT2D eigenvalue weighted by atomic mass is 10.1. The van der Waals surface area contributed by atoms with Gasteiger partial charge in [-0.2, -0.15) is 0 Å². The molecule has 0 radical (unpaired) electrons. The Labute approximate surface area is 80.9 Å². The second-order valence-electron chi connectivity index (χ2n) is 3.02. The SMILES string of the molecule is CNCC(=O)c1cc(F)c(C)c(F)c1. The van der Waals surface area contributed by atoms with Crippen molar-refractivity contribution in [3.05, 3.63) is 34.9 Å². The zero-order chi connectivity index (χ0) is 10.7. The molecular formula is C10H11F2NO. The van der Waals surface area contributed by atoms with Crippen LogP contribution in [0.15, 0.2) is 12.1 Å². The van der Waals surface area contributed by atoms with Crippen LogP contribution in [-0.4, -0.2) is 19.4 Å². The summed E-state index contributed by atoms with van der Waals surface area (Å²) >= 11 is 0. The summed E-state index contributed by atoms with van der Waals surface area (Å²) in [4.78, 5) is 11.3. The van der Waals surface area contributed by atoms with E-state index < -0.39 is 11.6 Å². The van der Waals surface area contributed by atoms with Gasteiger partial charge in [-0.25, -0.2) is 8.78 Å². The monoisotopic (exact) mass is 199 g/mol. The highest BCUT2D eigenvalue weighted by atomic mass is 19.1. The van der Waals surface area contributed by atoms with Crippen molar-refractivity contribution in [2.75, 3.05) is 13.6 Å². The minimum absolute atomic E-state index is 0.0555. The van der Waals surface area contributed by atoms with E-state index in [1.54, 1.807) is 7.05 Å². The molecule has 0 aliphatic carbocycles. The summed E-state index contributed by atoms with van der Waals surface area (Å²) in [6, 6.07) is 2.11. The van der Waals surface area contributed by atoms with Crippen LogP contribution < -0.4 is 5.32 Å². The first-order valence-electron chi connectivity index (χ1n) is 4.19. The predicted molar refractivity (Wildman–Crippen MR) is 49.4 cm³/mol. The van der Waals surface area contributed by atoms with Gasteiger partial charge in [-0.1, -0.05) is 0 Å². The quantitative estimate of drug-likeness (QED) is 0.750. The number of hydrogen-bond donors (Lipinski definition) is 1. The van der Waals surface area contributed by atoms with Crippen LogP contribution in [0.4, 0.5) is 8.78 Å². The molecule has 4 heteroatoms. The topological polar surface area (TPSA) is 29.1 Å². The Balaban J connectivity index is 3.06. The van der Waals surface area contributed by atoms with Gasteiger partial charge in [0.15, 0.2) is 5.78 Å². The van der Waals surface area contributed by atoms with Gasteiger partial charge in [0.1, 0.15) is 11.6 Å². The number of halogens is 2. The molecule has 0 aliphatic heterocycles. The fourth-order valence-electron chi connectivity index (χ4n) is 1.07. The minimum atomic E-state index is -0.690. The van der Waals surface area contributed by atoms with Crippen molar-refractivity contribution in [2.45, 2.75) is 6.92 Å². The van der Waals surface area contributed by atoms with E-state index in [0.717, 1.165) is 12.1 Å². The van der Waals surface area contributed by atoms with Crippen LogP contribution in [0.2, 0.25) is 0 Å². The fraction of sp³-hybridized carbons (Fsp3) is 0.300. The number of Topliss-reactive ketones (excluding diaryl/α,β-unsaturated/α-hetero) is 1. The molecule has 0 heterocycles. The fourth-order valence-corrected chi connectivity index (χ4v) is 1.07. The zero-order valence-corrected chi connectivity index (χ0v) is 8.03. The van der Waals surface area contributed by atoms with Crippen molar-refractivity contribution in [1.29, 1.82) is 0 Å². The molecule has 1 N–H and O–H groups in total. The summed E-state index contributed by atoms with van der Waals surface area (Å²) in [6.07, 6.45) is 0. The summed E-state index contributed by atoms with van der Waals surface area (Å²) < 4.78 is 26.1. The summed E-state index contributed by atoms with van der Waals surface area (Å²) in [5, 5.41) is 2.63. The molecular weight excluding hydrogens is 188 g/mol. The van der Waals surface area contributed by atoms with Crippen LogP contribution in [0.3, 0.4) is 0 Å². The molecule has 2 nitrogen and oxygen atoms in total. The van der Waals surface area contributed by atoms with Crippen LogP contribution in [-0.2, 0) is 0 Å². The lowest BCUT2D eigenvalue weighted by molar-refractivity contribution is 0.0992. The summed E-state index contributed by atoms with van der Waals surface area (Å²) in [6.45, 7) is 1.40. The number of likely N-dealkylation sites (N-methyl/N-ethyl adjacent to an activating group) is 1. The Bertz CT molecular complexity index is 340. The average molecular weight is 199 g/mol. The highest BCUT2D eigenvalue weighted by Gasteiger charge is 2.11. The van der Waals surface area contributed by atoms with Crippen molar-refractivity contribution < 1.29 is 13.6 Å². The van der Waals surface area contributed by atoms with E-state index >= 15 is 0 Å². The standard InChI is InChI=1S/C10H11F2NO/c1-6-8(11)3-7(4-9(6)12)10(14)5-13-2/h3-4,13H,5H2,1-2H3. The van der Waals surface area contributed by atoms with Crippen molar-refractivity contribution >= 4 is 5.78 Å². The molecule has 14 heavy (non-hydrogen) atoms. The van der Waals surface area contributed by atoms with Crippen molar-refractivity contribution in [1.82, 2.24) is 5.32 Å². The van der Waals surface area contributed by atoms with Gasteiger partial charge in [0, 0.05) is 11.1 Å². The van der Waals surface area contributed by atoms with Gasteiger partial charge in [-0.05, 0) is 26.1 Å². The largest absolute Gasteiger partial charge is 0.313 e. The Morgan fingerprint density at radius 3 is 2.29 bits per heavy atom. The van der Waals surface area contributed by atoms with Crippen molar-refractivity contribution in [3.8, 4) is 0 Å². The molecule has 76 valence electrons. The zero-order valence-electron chi connectivity index (χ0n) is 8.03. The number of hydrogen-bond acceptors (Lipinski definition) is 2. The maximum absolute atomic E-state index is 13.0. The molecule has 0 unspecified atom stereocenters. The van der Waals surface area contributed by atoms with Crippen LogP contribution in [0.1, 0.15) is 15.9 Å². The number of carbonyl (C=O) groups excluding carboxylic acids is 1. The Morgan fingerprint density at radius 1 is 1.36 bits per heavy atom. The van der Waals surface area contributed by atoms with Gasteiger partial charge in [0.05, 0.1) is 6.54 Å². The third-order valence-corrected chi connectivity index (χ3v) is 1.94. The first kappa shape index (κ1) is 10.8. The third kappa shape index (κ3) is 2.14. The van der Waals surface area contributed by atoms with Crippen molar-refractivity contribution in [3.63, 3.8) is 0 Å². The van der Waals surface area contributed by atoms with E-state index in [-0.39, 0.29) is 23.5 Å². The number of rotatable bonds is 3. The number of nitrogens with one attached hydrogen (secondary N) is 1. The van der Waals surface area contributed by atoms with Crippen LogP contribution in [0.25, 0.3) is 0 Å². The lowest BCUT2D eigenvalue weighted by Gasteiger charge is -2.03. The molecule has 0 amide bonds. The molecule has 0 spiro atoms. The van der Waals surface area contributed by atoms with Gasteiger partial charge >= 0.3 is 0 Å². The van der Waals surface area contributed by atoms with Crippen LogP contribution >= 0.6 is 0 Å². The van der Waals surface area contributed by atoms with Gasteiger partial charge in [0.2, 0.25) is 0 Å². The van der Waals surface area contributed by atoms with Crippen LogP contribution in [0, 0.1) is 18.6 Å². The number of carbonyl (C=O) groups is 1. The average Bonchev–Trinajstić information content (AvgIpc) is 2.13. The Kier molecular flexibility index (Phi) is 3.30. The van der Waals surface area contributed by atoms with E-state index in [4.69, 9.17) is 0 Å². The normalized spacial score (nSPS) is 10.3. The third-order valence-electron chi connectivity index (χ3n) is 1.94. The van der Waals surface area contributed by atoms with Gasteiger partial charge in [-0.15, -0.1) is 0 Å². The van der Waals surface area contributed by atoms with E-state index in [1.807, 2.05) is 0 Å². The molecule has 0 aliphatic rings. The maximum Gasteiger partial charge on any atom is 0.176 e. The summed E-state index contributed by atoms with van der Waals surface area (Å²) in [5.74, 6) is -1.71. The second kappa shape index (κ2) is 4.28. The lowest BCUT2D eigenvalue weighted by Crippen LogP contribution is -2.19. The first-order chi connectivity index (χ1) is 6.56. The molecule has 1 rings (SSSR count). The predicted octanol–water partition coefficient (Wildman–Crippen LogP) is 1.68. The highest BCUT2D eigenvalue weighted by molar-refractivity contribution is 5.97. The molecule has 1 aromatic carbocycles. The highest BCUT2D eigenvalue weighted by Crippen LogP contribution is 2.14. The minimum Gasteiger partial charge on any atom is -0.313 e. The molecule has 0 bridgehead atoms. The summed E-state index contributed by atoms with van der Waals surface area (Å²) in [7, 11) is 1.60. The second-order valence-corrected chi connectivity index (χ2v) is 3.02. The first-order valence-corrected chi connectivity index (χ1v) is 4.19. The number of benzene rings is 1. The van der Waals surface area contributed by atoms with Gasteiger partial charge in [-0.3, -0.25) is 4.79 Å². The molecule has 0 saturated carbocycles. The Morgan fingerprint density at radius 2 is 1.86 bits per heavy atom. The van der Waals surface area contributed by atoms with E-state index in [1.165, 1.54) is 6.92 Å². The molecule has 1 aromatic rings. The summed E-state index contributed by atoms with van der Waals surface area (Å²) in [5.41, 5.74) is -0.00837. The Hall–Kier alpha value is -1.29. The van der Waals surface area contributed by atoms with Crippen molar-refractivity contribution in [2.24, 2.45) is 0 Å². The van der Waals surface area contributed by atoms with E-state index in [2.05, 4.69) is 5.32 Å². The van der Waals surface area contributed by atoms with Gasteiger partial charge < -0.3 is 5.32 Å². The van der Waals surface area contributed by atoms with E-state index in [0.29, 0.717) is 0 Å². The smallest absolute Gasteiger partial charge is 0.176 e.